The van der Waals surface area contributed by atoms with E-state index in [4.69, 9.17) is 4.74 Å². The van der Waals surface area contributed by atoms with Crippen molar-refractivity contribution in [3.8, 4) is 0 Å². The summed E-state index contributed by atoms with van der Waals surface area (Å²) in [5, 5.41) is 9.97. The molecule has 17 heavy (non-hydrogen) atoms. The van der Waals surface area contributed by atoms with Crippen LogP contribution < -0.4 is 0 Å². The van der Waals surface area contributed by atoms with E-state index in [1.54, 1.807) is 0 Å². The molecular formula is C15H24O2. The molecule has 0 saturated carbocycles. The van der Waals surface area contributed by atoms with Crippen molar-refractivity contribution in [3.63, 3.8) is 0 Å². The van der Waals surface area contributed by atoms with Crippen molar-refractivity contribution >= 4 is 0 Å². The molecule has 96 valence electrons. The van der Waals surface area contributed by atoms with Crippen molar-refractivity contribution in [1.29, 1.82) is 0 Å². The van der Waals surface area contributed by atoms with Gasteiger partial charge in [0.2, 0.25) is 0 Å². The Morgan fingerprint density at radius 1 is 1.18 bits per heavy atom. The second kappa shape index (κ2) is 7.46. The van der Waals surface area contributed by atoms with Gasteiger partial charge < -0.3 is 9.84 Å². The Kier molecular flexibility index (Phi) is 6.23. The number of benzene rings is 1. The Morgan fingerprint density at radius 3 is 2.53 bits per heavy atom. The molecule has 1 aromatic carbocycles. The molecule has 0 aliphatic heterocycles. The molecular weight excluding hydrogens is 212 g/mol. The minimum atomic E-state index is -0.408. The van der Waals surface area contributed by atoms with Crippen molar-refractivity contribution in [3.05, 3.63) is 35.4 Å². The number of ether oxygens (including phenoxy) is 1. The summed E-state index contributed by atoms with van der Waals surface area (Å²) in [6.45, 7) is 7.82. The van der Waals surface area contributed by atoms with Gasteiger partial charge in [0.1, 0.15) is 0 Å². The van der Waals surface area contributed by atoms with Crippen LogP contribution >= 0.6 is 0 Å². The van der Waals surface area contributed by atoms with Gasteiger partial charge >= 0.3 is 0 Å². The van der Waals surface area contributed by atoms with Crippen LogP contribution in [0.1, 0.15) is 43.9 Å². The first-order valence-electron chi connectivity index (χ1n) is 6.42. The monoisotopic (exact) mass is 236 g/mol. The smallest absolute Gasteiger partial charge is 0.0812 e. The summed E-state index contributed by atoms with van der Waals surface area (Å²) < 4.78 is 5.51. The fourth-order valence-electron chi connectivity index (χ4n) is 1.66. The predicted molar refractivity (Wildman–Crippen MR) is 71.0 cm³/mol. The van der Waals surface area contributed by atoms with Crippen LogP contribution in [0, 0.1) is 12.8 Å². The van der Waals surface area contributed by atoms with Gasteiger partial charge in [-0.05, 0) is 24.8 Å². The molecule has 0 spiro atoms. The lowest BCUT2D eigenvalue weighted by atomic mass is 10.0. The van der Waals surface area contributed by atoms with Crippen LogP contribution in [-0.4, -0.2) is 18.3 Å². The normalized spacial score (nSPS) is 13.0. The first-order valence-corrected chi connectivity index (χ1v) is 6.42. The highest BCUT2D eigenvalue weighted by Gasteiger charge is 2.07. The maximum atomic E-state index is 9.97. The zero-order valence-corrected chi connectivity index (χ0v) is 11.1. The molecule has 0 saturated heterocycles. The number of aryl methyl sites for hydroxylation is 1. The number of hydrogen-bond acceptors (Lipinski definition) is 2. The Morgan fingerprint density at radius 2 is 1.88 bits per heavy atom. The van der Waals surface area contributed by atoms with Gasteiger partial charge in [0.15, 0.2) is 0 Å². The van der Waals surface area contributed by atoms with Gasteiger partial charge in [-0.15, -0.1) is 0 Å². The molecule has 1 aromatic rings. The van der Waals surface area contributed by atoms with Crippen molar-refractivity contribution < 1.29 is 9.84 Å². The zero-order chi connectivity index (χ0) is 12.7. The Bertz CT molecular complexity index is 320. The zero-order valence-electron chi connectivity index (χ0n) is 11.1. The van der Waals surface area contributed by atoms with Gasteiger partial charge in [0.25, 0.3) is 0 Å². The third kappa shape index (κ3) is 5.85. The molecule has 0 aliphatic rings. The second-order valence-electron chi connectivity index (χ2n) is 5.01. The van der Waals surface area contributed by atoms with E-state index in [1.807, 2.05) is 31.2 Å². The van der Waals surface area contributed by atoms with E-state index in [-0.39, 0.29) is 0 Å². The molecule has 0 fully saturated rings. The van der Waals surface area contributed by atoms with Crippen LogP contribution in [-0.2, 0) is 4.74 Å². The molecule has 2 nitrogen and oxygen atoms in total. The van der Waals surface area contributed by atoms with E-state index >= 15 is 0 Å². The van der Waals surface area contributed by atoms with Gasteiger partial charge in [-0.2, -0.15) is 0 Å². The van der Waals surface area contributed by atoms with Crippen molar-refractivity contribution in [2.45, 2.75) is 39.7 Å². The minimum Gasteiger partial charge on any atom is -0.388 e. The maximum Gasteiger partial charge on any atom is 0.0812 e. The molecule has 1 unspecified atom stereocenters. The maximum absolute atomic E-state index is 9.97. The lowest BCUT2D eigenvalue weighted by molar-refractivity contribution is 0.0767. The summed E-state index contributed by atoms with van der Waals surface area (Å²) in [7, 11) is 0. The van der Waals surface area contributed by atoms with Crippen LogP contribution in [0.25, 0.3) is 0 Å². The first-order chi connectivity index (χ1) is 8.09. The van der Waals surface area contributed by atoms with Crippen molar-refractivity contribution in [2.75, 3.05) is 13.2 Å². The summed E-state index contributed by atoms with van der Waals surface area (Å²) in [4.78, 5) is 0. The minimum absolute atomic E-state index is 0.408. The quantitative estimate of drug-likeness (QED) is 0.734. The van der Waals surface area contributed by atoms with Crippen LogP contribution in [0.2, 0.25) is 0 Å². The topological polar surface area (TPSA) is 29.5 Å². The molecule has 0 aromatic heterocycles. The highest BCUT2D eigenvalue weighted by atomic mass is 16.5. The van der Waals surface area contributed by atoms with E-state index in [9.17, 15) is 5.11 Å². The van der Waals surface area contributed by atoms with Crippen LogP contribution in [0.5, 0.6) is 0 Å². The summed E-state index contributed by atoms with van der Waals surface area (Å²) in [5.41, 5.74) is 2.17. The molecule has 1 atom stereocenters. The molecule has 2 heteroatoms. The average Bonchev–Trinajstić information content (AvgIpc) is 2.28. The van der Waals surface area contributed by atoms with Gasteiger partial charge in [-0.1, -0.05) is 43.7 Å². The van der Waals surface area contributed by atoms with Crippen LogP contribution in [0.15, 0.2) is 24.3 Å². The Balaban J connectivity index is 2.23. The number of aliphatic hydroxyl groups excluding tert-OH is 1. The van der Waals surface area contributed by atoms with Gasteiger partial charge in [0, 0.05) is 19.6 Å². The number of aliphatic hydroxyl groups is 1. The van der Waals surface area contributed by atoms with E-state index in [0.717, 1.165) is 18.6 Å². The molecule has 0 bridgehead atoms. The highest BCUT2D eigenvalue weighted by Crippen LogP contribution is 2.17. The van der Waals surface area contributed by atoms with E-state index in [2.05, 4.69) is 13.8 Å². The number of hydrogen-bond donors (Lipinski definition) is 1. The van der Waals surface area contributed by atoms with Crippen molar-refractivity contribution in [1.82, 2.24) is 0 Å². The molecule has 1 N–H and O–H groups in total. The second-order valence-corrected chi connectivity index (χ2v) is 5.01. The molecule has 1 rings (SSSR count). The predicted octanol–water partition coefficient (Wildman–Crippen LogP) is 3.48. The molecule has 0 aliphatic carbocycles. The Labute approximate surface area is 105 Å². The summed E-state index contributed by atoms with van der Waals surface area (Å²) in [5.74, 6) is 0.677. The summed E-state index contributed by atoms with van der Waals surface area (Å²) >= 11 is 0. The number of rotatable bonds is 7. The molecule has 0 radical (unpaired) electrons. The van der Waals surface area contributed by atoms with Gasteiger partial charge in [-0.3, -0.25) is 0 Å². The first kappa shape index (κ1) is 14.2. The fourth-order valence-corrected chi connectivity index (χ4v) is 1.66. The van der Waals surface area contributed by atoms with E-state index in [1.165, 1.54) is 5.56 Å². The third-order valence-electron chi connectivity index (χ3n) is 2.80. The molecule has 0 amide bonds. The average molecular weight is 236 g/mol. The van der Waals surface area contributed by atoms with E-state index < -0.39 is 6.10 Å². The van der Waals surface area contributed by atoms with Gasteiger partial charge in [-0.25, -0.2) is 0 Å². The van der Waals surface area contributed by atoms with Crippen LogP contribution in [0.4, 0.5) is 0 Å². The van der Waals surface area contributed by atoms with E-state index in [0.29, 0.717) is 18.9 Å². The lowest BCUT2D eigenvalue weighted by Crippen LogP contribution is -2.05. The van der Waals surface area contributed by atoms with Crippen molar-refractivity contribution in [2.24, 2.45) is 5.92 Å². The summed E-state index contributed by atoms with van der Waals surface area (Å²) in [6, 6.07) is 8.01. The van der Waals surface area contributed by atoms with Gasteiger partial charge in [0.05, 0.1) is 6.10 Å². The SMILES string of the molecule is Cc1cccc(C(O)CCOCCC(C)C)c1. The lowest BCUT2D eigenvalue weighted by Gasteiger charge is -2.12. The summed E-state index contributed by atoms with van der Waals surface area (Å²) in [6.07, 6.45) is 1.34. The molecule has 0 heterocycles. The fraction of sp³-hybridized carbons (Fsp3) is 0.600. The highest BCUT2D eigenvalue weighted by molar-refractivity contribution is 5.23. The standard InChI is InChI=1S/C15H24O2/c1-12(2)7-9-17-10-8-15(16)14-6-4-5-13(3)11-14/h4-6,11-12,15-16H,7-10H2,1-3H3. The third-order valence-corrected chi connectivity index (χ3v) is 2.80. The largest absolute Gasteiger partial charge is 0.388 e. The Hall–Kier alpha value is -0.860. The van der Waals surface area contributed by atoms with Crippen LogP contribution in [0.3, 0.4) is 0 Å².